The maximum atomic E-state index is 7.16. The number of benzene rings is 1. The SMILES string of the molecule is N=C(N)Cc1cc2ccccc2[nH]1. The fourth-order valence-corrected chi connectivity index (χ4v) is 1.43. The van der Waals surface area contributed by atoms with Crippen LogP contribution in [0.2, 0.25) is 0 Å². The Bertz CT molecular complexity index is 409. The number of aromatic amines is 1. The van der Waals surface area contributed by atoms with E-state index in [2.05, 4.69) is 4.98 Å². The molecular formula is C10H11N3. The minimum atomic E-state index is 0.187. The molecule has 1 heterocycles. The first-order valence-corrected chi connectivity index (χ1v) is 4.15. The van der Waals surface area contributed by atoms with Crippen LogP contribution < -0.4 is 5.73 Å². The van der Waals surface area contributed by atoms with Crippen LogP contribution in [0.1, 0.15) is 5.69 Å². The Hall–Kier alpha value is -1.77. The molecule has 2 aromatic rings. The van der Waals surface area contributed by atoms with Gasteiger partial charge in [-0.2, -0.15) is 0 Å². The van der Waals surface area contributed by atoms with E-state index >= 15 is 0 Å². The van der Waals surface area contributed by atoms with Crippen LogP contribution in [-0.2, 0) is 6.42 Å². The predicted octanol–water partition coefficient (Wildman–Crippen LogP) is 1.65. The second-order valence-electron chi connectivity index (χ2n) is 3.08. The van der Waals surface area contributed by atoms with Gasteiger partial charge in [0.2, 0.25) is 0 Å². The third-order valence-electron chi connectivity index (χ3n) is 1.97. The average Bonchev–Trinajstić information content (AvgIpc) is 2.44. The van der Waals surface area contributed by atoms with Crippen LogP contribution >= 0.6 is 0 Å². The van der Waals surface area contributed by atoms with Crippen molar-refractivity contribution in [3.63, 3.8) is 0 Å². The normalized spacial score (nSPS) is 10.5. The first-order valence-electron chi connectivity index (χ1n) is 4.15. The molecule has 13 heavy (non-hydrogen) atoms. The Labute approximate surface area is 76.1 Å². The fourth-order valence-electron chi connectivity index (χ4n) is 1.43. The minimum Gasteiger partial charge on any atom is -0.387 e. The summed E-state index contributed by atoms with van der Waals surface area (Å²) in [5, 5.41) is 8.33. The highest BCUT2D eigenvalue weighted by Gasteiger charge is 2.00. The van der Waals surface area contributed by atoms with Gasteiger partial charge in [-0.1, -0.05) is 18.2 Å². The van der Waals surface area contributed by atoms with Crippen LogP contribution in [0.4, 0.5) is 0 Å². The summed E-state index contributed by atoms with van der Waals surface area (Å²) >= 11 is 0. The summed E-state index contributed by atoms with van der Waals surface area (Å²) in [5.41, 5.74) is 7.40. The first kappa shape index (κ1) is 7.86. The number of hydrogen-bond acceptors (Lipinski definition) is 1. The zero-order chi connectivity index (χ0) is 9.26. The lowest BCUT2D eigenvalue weighted by molar-refractivity contribution is 1.17. The largest absolute Gasteiger partial charge is 0.387 e. The molecule has 0 unspecified atom stereocenters. The molecule has 66 valence electrons. The molecule has 1 aromatic heterocycles. The molecule has 3 heteroatoms. The van der Waals surface area contributed by atoms with Crippen LogP contribution in [-0.4, -0.2) is 10.8 Å². The molecule has 0 aliphatic rings. The van der Waals surface area contributed by atoms with Crippen LogP contribution in [0, 0.1) is 5.41 Å². The van der Waals surface area contributed by atoms with Gasteiger partial charge in [0.05, 0.1) is 5.84 Å². The summed E-state index contributed by atoms with van der Waals surface area (Å²) < 4.78 is 0. The maximum absolute atomic E-state index is 7.16. The van der Waals surface area contributed by atoms with Crippen LogP contribution in [0.5, 0.6) is 0 Å². The van der Waals surface area contributed by atoms with Crippen molar-refractivity contribution in [3.05, 3.63) is 36.0 Å². The van der Waals surface area contributed by atoms with Gasteiger partial charge in [-0.15, -0.1) is 0 Å². The number of nitrogens with two attached hydrogens (primary N) is 1. The van der Waals surface area contributed by atoms with Crippen LogP contribution in [0.15, 0.2) is 30.3 Å². The van der Waals surface area contributed by atoms with Crippen LogP contribution in [0.3, 0.4) is 0 Å². The van der Waals surface area contributed by atoms with E-state index < -0.39 is 0 Å². The molecular weight excluding hydrogens is 162 g/mol. The van der Waals surface area contributed by atoms with Crippen molar-refractivity contribution in [2.75, 3.05) is 0 Å². The Balaban J connectivity index is 2.44. The highest BCUT2D eigenvalue weighted by atomic mass is 14.7. The number of rotatable bonds is 2. The maximum Gasteiger partial charge on any atom is 0.0965 e. The predicted molar refractivity (Wildman–Crippen MR) is 53.9 cm³/mol. The van der Waals surface area contributed by atoms with E-state index in [9.17, 15) is 0 Å². The lowest BCUT2D eigenvalue weighted by Crippen LogP contribution is -2.12. The van der Waals surface area contributed by atoms with Gasteiger partial charge in [0.15, 0.2) is 0 Å². The lowest BCUT2D eigenvalue weighted by atomic mass is 10.2. The molecule has 0 bridgehead atoms. The van der Waals surface area contributed by atoms with E-state index in [1.807, 2.05) is 30.3 Å². The molecule has 4 N–H and O–H groups in total. The summed E-state index contributed by atoms with van der Waals surface area (Å²) in [7, 11) is 0. The van der Waals surface area contributed by atoms with Gasteiger partial charge in [-0.25, -0.2) is 0 Å². The Morgan fingerprint density at radius 3 is 2.85 bits per heavy atom. The Morgan fingerprint density at radius 2 is 2.15 bits per heavy atom. The van der Waals surface area contributed by atoms with E-state index in [0.717, 1.165) is 11.2 Å². The molecule has 0 spiro atoms. The highest BCUT2D eigenvalue weighted by molar-refractivity contribution is 5.84. The van der Waals surface area contributed by atoms with Crippen molar-refractivity contribution in [1.82, 2.24) is 4.98 Å². The standard InChI is InChI=1S/C10H11N3/c11-10(12)6-8-5-7-3-1-2-4-9(7)13-8/h1-5,13H,6H2,(H3,11,12). The van der Waals surface area contributed by atoms with Gasteiger partial charge in [-0.3, -0.25) is 5.41 Å². The van der Waals surface area contributed by atoms with Crippen molar-refractivity contribution in [3.8, 4) is 0 Å². The Morgan fingerprint density at radius 1 is 1.38 bits per heavy atom. The van der Waals surface area contributed by atoms with E-state index in [4.69, 9.17) is 11.1 Å². The fraction of sp³-hybridized carbons (Fsp3) is 0.100. The van der Waals surface area contributed by atoms with Crippen molar-refractivity contribution in [2.24, 2.45) is 5.73 Å². The zero-order valence-corrected chi connectivity index (χ0v) is 7.17. The molecule has 0 aliphatic heterocycles. The average molecular weight is 173 g/mol. The zero-order valence-electron chi connectivity index (χ0n) is 7.17. The summed E-state index contributed by atoms with van der Waals surface area (Å²) in [6.45, 7) is 0. The number of para-hydroxylation sites is 1. The molecule has 1 aromatic carbocycles. The molecule has 2 rings (SSSR count). The van der Waals surface area contributed by atoms with Gasteiger partial charge >= 0.3 is 0 Å². The number of hydrogen-bond donors (Lipinski definition) is 3. The lowest BCUT2D eigenvalue weighted by Gasteiger charge is -1.92. The second-order valence-corrected chi connectivity index (χ2v) is 3.08. The van der Waals surface area contributed by atoms with Crippen molar-refractivity contribution >= 4 is 16.7 Å². The Kier molecular flexibility index (Phi) is 1.77. The van der Waals surface area contributed by atoms with E-state index in [1.165, 1.54) is 5.39 Å². The summed E-state index contributed by atoms with van der Waals surface area (Å²) in [6.07, 6.45) is 0.495. The van der Waals surface area contributed by atoms with E-state index in [1.54, 1.807) is 0 Å². The van der Waals surface area contributed by atoms with Gasteiger partial charge in [-0.05, 0) is 17.5 Å². The number of H-pyrrole nitrogens is 1. The third-order valence-corrected chi connectivity index (χ3v) is 1.97. The van der Waals surface area contributed by atoms with E-state index in [-0.39, 0.29) is 5.84 Å². The van der Waals surface area contributed by atoms with Crippen molar-refractivity contribution in [1.29, 1.82) is 5.41 Å². The van der Waals surface area contributed by atoms with Crippen molar-refractivity contribution < 1.29 is 0 Å². The molecule has 0 amide bonds. The molecule has 0 saturated carbocycles. The quantitative estimate of drug-likeness (QED) is 0.469. The number of amidine groups is 1. The molecule has 0 aliphatic carbocycles. The number of aromatic nitrogens is 1. The van der Waals surface area contributed by atoms with Gasteiger partial charge < -0.3 is 10.7 Å². The van der Waals surface area contributed by atoms with Crippen LogP contribution in [0.25, 0.3) is 10.9 Å². The highest BCUT2D eigenvalue weighted by Crippen LogP contribution is 2.14. The summed E-state index contributed by atoms with van der Waals surface area (Å²) in [4.78, 5) is 3.21. The number of fused-ring (bicyclic) bond motifs is 1. The van der Waals surface area contributed by atoms with Gasteiger partial charge in [0.1, 0.15) is 0 Å². The third kappa shape index (κ3) is 1.54. The molecule has 0 saturated heterocycles. The second kappa shape index (κ2) is 2.94. The van der Waals surface area contributed by atoms with E-state index in [0.29, 0.717) is 6.42 Å². The topological polar surface area (TPSA) is 65.7 Å². The molecule has 0 atom stereocenters. The molecule has 0 radical (unpaired) electrons. The van der Waals surface area contributed by atoms with Crippen molar-refractivity contribution in [2.45, 2.75) is 6.42 Å². The summed E-state index contributed by atoms with van der Waals surface area (Å²) in [6, 6.07) is 10.1. The van der Waals surface area contributed by atoms with Gasteiger partial charge in [0, 0.05) is 17.6 Å². The molecule has 0 fully saturated rings. The molecule has 3 nitrogen and oxygen atoms in total. The monoisotopic (exact) mass is 173 g/mol. The van der Waals surface area contributed by atoms with Gasteiger partial charge in [0.25, 0.3) is 0 Å². The smallest absolute Gasteiger partial charge is 0.0965 e. The first-order chi connectivity index (χ1) is 6.25. The number of nitrogens with one attached hydrogen (secondary N) is 2. The summed E-state index contributed by atoms with van der Waals surface area (Å²) in [5.74, 6) is 0.187. The minimum absolute atomic E-state index is 0.187.